The molecule has 4 atom stereocenters. The second-order valence-corrected chi connectivity index (χ2v) is 13.3. The Morgan fingerprint density at radius 1 is 1.00 bits per heavy atom. The zero-order valence-corrected chi connectivity index (χ0v) is 26.0. The van der Waals surface area contributed by atoms with Crippen LogP contribution in [-0.2, 0) is 0 Å². The van der Waals surface area contributed by atoms with Crippen molar-refractivity contribution >= 4 is 23.4 Å². The minimum absolute atomic E-state index is 0.000604. The zero-order valence-electron chi connectivity index (χ0n) is 26.0. The van der Waals surface area contributed by atoms with E-state index in [0.29, 0.717) is 11.9 Å². The van der Waals surface area contributed by atoms with Crippen LogP contribution in [0, 0.1) is 18.3 Å². The summed E-state index contributed by atoms with van der Waals surface area (Å²) in [5.41, 5.74) is 2.90. The summed E-state index contributed by atoms with van der Waals surface area (Å²) in [7, 11) is 0. The van der Waals surface area contributed by atoms with E-state index in [0.717, 1.165) is 48.8 Å². The highest BCUT2D eigenvalue weighted by molar-refractivity contribution is 5.88. The highest BCUT2D eigenvalue weighted by Gasteiger charge is 2.40. The molecule has 10 nitrogen and oxygen atoms in total. The Morgan fingerprint density at radius 3 is 2.58 bits per heavy atom. The van der Waals surface area contributed by atoms with Gasteiger partial charge in [0.2, 0.25) is 5.95 Å². The van der Waals surface area contributed by atoms with Crippen molar-refractivity contribution in [1.29, 1.82) is 0 Å². The Kier molecular flexibility index (Phi) is 8.03. The first-order valence-corrected chi connectivity index (χ1v) is 15.6. The van der Waals surface area contributed by atoms with Crippen molar-refractivity contribution in [2.24, 2.45) is 11.3 Å². The van der Waals surface area contributed by atoms with E-state index < -0.39 is 0 Å². The molecule has 2 N–H and O–H groups in total. The molecule has 228 valence electrons. The SMILES string of the molecule is Cc1ccc(-n2nccc2NC(=O)NC2CCC(Oc3ccc4nnc(N5CCCC[C@@H]5C)n4c3)C(C(C)(C)C)C2)cc1. The largest absolute Gasteiger partial charge is 0.489 e. The monoisotopic (exact) mass is 584 g/mol. The summed E-state index contributed by atoms with van der Waals surface area (Å²) in [6.45, 7) is 12.1. The lowest BCUT2D eigenvalue weighted by Gasteiger charge is -2.43. The van der Waals surface area contributed by atoms with Gasteiger partial charge >= 0.3 is 6.03 Å². The number of nitrogens with one attached hydrogen (secondary N) is 2. The molecular formula is C33H44N8O2. The van der Waals surface area contributed by atoms with Crippen molar-refractivity contribution in [2.75, 3.05) is 16.8 Å². The summed E-state index contributed by atoms with van der Waals surface area (Å²) < 4.78 is 10.5. The van der Waals surface area contributed by atoms with Gasteiger partial charge in [0.1, 0.15) is 17.7 Å². The van der Waals surface area contributed by atoms with Crippen LogP contribution in [0.15, 0.2) is 54.9 Å². The number of piperidine rings is 1. The van der Waals surface area contributed by atoms with Gasteiger partial charge in [0, 0.05) is 30.6 Å². The van der Waals surface area contributed by atoms with Crippen LogP contribution in [0.2, 0.25) is 0 Å². The number of carbonyl (C=O) groups excluding carboxylic acids is 1. The van der Waals surface area contributed by atoms with E-state index in [-0.39, 0.29) is 29.5 Å². The fraction of sp³-hybridized carbons (Fsp3) is 0.515. The van der Waals surface area contributed by atoms with Gasteiger partial charge in [-0.2, -0.15) is 5.10 Å². The van der Waals surface area contributed by atoms with Crippen LogP contribution in [0.5, 0.6) is 5.75 Å². The van der Waals surface area contributed by atoms with Gasteiger partial charge in [-0.3, -0.25) is 9.72 Å². The number of hydrogen-bond donors (Lipinski definition) is 2. The molecule has 2 aliphatic rings. The number of pyridine rings is 1. The van der Waals surface area contributed by atoms with Crippen molar-refractivity contribution in [3.8, 4) is 11.4 Å². The number of carbonyl (C=O) groups is 1. The fourth-order valence-corrected chi connectivity index (χ4v) is 6.65. The molecule has 1 saturated heterocycles. The maximum absolute atomic E-state index is 13.1. The average molecular weight is 585 g/mol. The molecular weight excluding hydrogens is 540 g/mol. The lowest BCUT2D eigenvalue weighted by Crippen LogP contribution is -2.49. The number of rotatable bonds is 6. The third-order valence-electron chi connectivity index (χ3n) is 9.10. The highest BCUT2D eigenvalue weighted by Crippen LogP contribution is 2.40. The molecule has 1 aromatic carbocycles. The third kappa shape index (κ3) is 6.33. The highest BCUT2D eigenvalue weighted by atomic mass is 16.5. The topological polar surface area (TPSA) is 102 Å². The minimum atomic E-state index is -0.219. The molecule has 1 aliphatic heterocycles. The van der Waals surface area contributed by atoms with Gasteiger partial charge in [-0.1, -0.05) is 38.5 Å². The molecule has 4 heterocycles. The summed E-state index contributed by atoms with van der Waals surface area (Å²) in [4.78, 5) is 15.5. The molecule has 1 saturated carbocycles. The van der Waals surface area contributed by atoms with Gasteiger partial charge in [-0.25, -0.2) is 9.48 Å². The van der Waals surface area contributed by atoms with Crippen molar-refractivity contribution in [3.63, 3.8) is 0 Å². The number of benzene rings is 1. The first kappa shape index (κ1) is 29.0. The number of fused-ring (bicyclic) bond motifs is 1. The van der Waals surface area contributed by atoms with Gasteiger partial charge in [0.25, 0.3) is 0 Å². The third-order valence-corrected chi connectivity index (χ3v) is 9.10. The van der Waals surface area contributed by atoms with E-state index in [9.17, 15) is 4.79 Å². The van der Waals surface area contributed by atoms with Crippen molar-refractivity contribution in [1.82, 2.24) is 29.7 Å². The molecule has 0 spiro atoms. The summed E-state index contributed by atoms with van der Waals surface area (Å²) in [6, 6.07) is 14.1. The van der Waals surface area contributed by atoms with E-state index in [1.165, 1.54) is 24.8 Å². The summed E-state index contributed by atoms with van der Waals surface area (Å²) >= 11 is 0. The van der Waals surface area contributed by atoms with Gasteiger partial charge in [0.15, 0.2) is 5.65 Å². The maximum atomic E-state index is 13.1. The number of ether oxygens (including phenoxy) is 1. The lowest BCUT2D eigenvalue weighted by atomic mass is 9.69. The number of aryl methyl sites for hydroxylation is 1. The lowest BCUT2D eigenvalue weighted by molar-refractivity contribution is 0.0179. The van der Waals surface area contributed by atoms with Gasteiger partial charge < -0.3 is 15.0 Å². The Bertz CT molecular complexity index is 1550. The summed E-state index contributed by atoms with van der Waals surface area (Å²) in [6.07, 6.45) is 9.91. The van der Waals surface area contributed by atoms with E-state index >= 15 is 0 Å². The molecule has 0 radical (unpaired) electrons. The van der Waals surface area contributed by atoms with Gasteiger partial charge in [-0.15, -0.1) is 10.2 Å². The predicted octanol–water partition coefficient (Wildman–Crippen LogP) is 6.39. The van der Waals surface area contributed by atoms with Crippen LogP contribution >= 0.6 is 0 Å². The van der Waals surface area contributed by atoms with Crippen LogP contribution < -0.4 is 20.3 Å². The average Bonchev–Trinajstić information content (AvgIpc) is 3.61. The van der Waals surface area contributed by atoms with Crippen molar-refractivity contribution < 1.29 is 9.53 Å². The van der Waals surface area contributed by atoms with Crippen LogP contribution in [0.1, 0.15) is 71.8 Å². The minimum Gasteiger partial charge on any atom is -0.489 e. The molecule has 6 rings (SSSR count). The first-order valence-electron chi connectivity index (χ1n) is 15.6. The molecule has 2 fully saturated rings. The molecule has 2 amide bonds. The second kappa shape index (κ2) is 11.9. The number of urea groups is 1. The van der Waals surface area contributed by atoms with Crippen LogP contribution in [0.25, 0.3) is 11.3 Å². The Balaban J connectivity index is 1.12. The van der Waals surface area contributed by atoms with Crippen LogP contribution in [0.4, 0.5) is 16.6 Å². The maximum Gasteiger partial charge on any atom is 0.320 e. The van der Waals surface area contributed by atoms with Crippen molar-refractivity contribution in [2.45, 2.75) is 91.3 Å². The van der Waals surface area contributed by atoms with E-state index in [1.54, 1.807) is 10.9 Å². The summed E-state index contributed by atoms with van der Waals surface area (Å²) in [5.74, 6) is 2.60. The molecule has 0 bridgehead atoms. The summed E-state index contributed by atoms with van der Waals surface area (Å²) in [5, 5.41) is 19.6. The van der Waals surface area contributed by atoms with Crippen LogP contribution in [0.3, 0.4) is 0 Å². The van der Waals surface area contributed by atoms with E-state index in [1.807, 2.05) is 55.6 Å². The number of anilines is 2. The van der Waals surface area contributed by atoms with Gasteiger partial charge in [0.05, 0.1) is 18.1 Å². The normalized spacial score (nSPS) is 22.9. The standard InChI is InChI=1S/C33H44N8O2/c1-22-9-12-25(13-10-22)41-29(17-18-34-41)36-31(42)35-24-11-15-28(27(20-24)33(3,4)5)43-26-14-16-30-37-38-32(40(30)21-26)39-19-7-6-8-23(39)2/h9-10,12-14,16-18,21,23-24,27-28H,6-8,11,15,19-20H2,1-5H3,(H2,35,36,42)/t23-,24?,27?,28?/m0/s1. The van der Waals surface area contributed by atoms with E-state index in [4.69, 9.17) is 4.74 Å². The van der Waals surface area contributed by atoms with E-state index in [2.05, 4.69) is 62.9 Å². The predicted molar refractivity (Wildman–Crippen MR) is 169 cm³/mol. The molecule has 3 unspecified atom stereocenters. The molecule has 4 aromatic rings. The fourth-order valence-electron chi connectivity index (χ4n) is 6.65. The molecule has 10 heteroatoms. The smallest absolute Gasteiger partial charge is 0.320 e. The number of amides is 2. The van der Waals surface area contributed by atoms with Gasteiger partial charge in [-0.05, 0) is 82.1 Å². The quantitative estimate of drug-likeness (QED) is 0.273. The second-order valence-electron chi connectivity index (χ2n) is 13.3. The molecule has 1 aliphatic carbocycles. The Morgan fingerprint density at radius 2 is 1.81 bits per heavy atom. The number of hydrogen-bond acceptors (Lipinski definition) is 6. The zero-order chi connectivity index (χ0) is 30.1. The molecule has 3 aromatic heterocycles. The van der Waals surface area contributed by atoms with Crippen molar-refractivity contribution in [3.05, 3.63) is 60.4 Å². The Hall–Kier alpha value is -4.08. The molecule has 43 heavy (non-hydrogen) atoms. The Labute approximate surface area is 253 Å². The first-order chi connectivity index (χ1) is 20.7. The number of nitrogens with zero attached hydrogens (tertiary/aromatic N) is 6. The van der Waals surface area contributed by atoms with Crippen LogP contribution in [-0.4, -0.2) is 55.1 Å². The number of aromatic nitrogens is 5.